The van der Waals surface area contributed by atoms with Crippen molar-refractivity contribution in [2.24, 2.45) is 0 Å². The lowest BCUT2D eigenvalue weighted by Gasteiger charge is -2.36. The molecule has 1 aliphatic rings. The van der Waals surface area contributed by atoms with Gasteiger partial charge in [-0.15, -0.1) is 0 Å². The summed E-state index contributed by atoms with van der Waals surface area (Å²) >= 11 is 0. The summed E-state index contributed by atoms with van der Waals surface area (Å²) in [4.78, 5) is 0. The molecule has 1 saturated heterocycles. The molecule has 0 spiro atoms. The van der Waals surface area contributed by atoms with Gasteiger partial charge in [0.2, 0.25) is 0 Å². The van der Waals surface area contributed by atoms with Crippen LogP contribution < -0.4 is 5.01 Å². The van der Waals surface area contributed by atoms with E-state index in [0.717, 1.165) is 26.3 Å². The molecule has 0 saturated carbocycles. The zero-order chi connectivity index (χ0) is 9.80. The lowest BCUT2D eigenvalue weighted by molar-refractivity contribution is 0.0347. The second-order valence-electron chi connectivity index (χ2n) is 3.43. The monoisotopic (exact) mass is 192 g/mol. The highest BCUT2D eigenvalue weighted by Crippen LogP contribution is 2.14. The maximum atomic E-state index is 5.32. The molecule has 0 bridgehead atoms. The van der Waals surface area contributed by atoms with Gasteiger partial charge in [0.05, 0.1) is 18.9 Å². The molecule has 0 unspecified atom stereocenters. The number of hydrazine groups is 1. The Bertz CT molecular complexity index is 270. The Morgan fingerprint density at radius 1 is 1.14 bits per heavy atom. The molecule has 0 radical (unpaired) electrons. The summed E-state index contributed by atoms with van der Waals surface area (Å²) in [5, 5.41) is 4.50. The average molecular weight is 192 g/mol. The van der Waals surface area contributed by atoms with Gasteiger partial charge in [0.1, 0.15) is 0 Å². The molecule has 0 N–H and O–H groups in total. The fraction of sp³-hybridized carbons (Fsp3) is 0.455. The Hall–Kier alpha value is -1.06. The van der Waals surface area contributed by atoms with Crippen molar-refractivity contribution in [1.82, 2.24) is 5.01 Å². The van der Waals surface area contributed by atoms with E-state index in [9.17, 15) is 0 Å². The summed E-state index contributed by atoms with van der Waals surface area (Å²) in [6, 6.07) is 10.4. The zero-order valence-corrected chi connectivity index (χ0v) is 8.52. The third kappa shape index (κ3) is 2.05. The molecular weight excluding hydrogens is 176 g/mol. The number of ether oxygens (including phenoxy) is 1. The Balaban J connectivity index is 2.03. The topological polar surface area (TPSA) is 15.7 Å². The molecule has 1 aromatic carbocycles. The quantitative estimate of drug-likeness (QED) is 0.704. The van der Waals surface area contributed by atoms with Crippen molar-refractivity contribution in [2.45, 2.75) is 0 Å². The molecule has 3 nitrogen and oxygen atoms in total. The Kier molecular flexibility index (Phi) is 3.01. The largest absolute Gasteiger partial charge is 0.379 e. The van der Waals surface area contributed by atoms with Gasteiger partial charge in [-0.25, -0.2) is 5.01 Å². The van der Waals surface area contributed by atoms with E-state index in [-0.39, 0.29) is 0 Å². The average Bonchev–Trinajstić information content (AvgIpc) is 2.30. The molecule has 2 rings (SSSR count). The molecule has 1 aromatic rings. The molecule has 0 aromatic heterocycles. The van der Waals surface area contributed by atoms with E-state index >= 15 is 0 Å². The van der Waals surface area contributed by atoms with Gasteiger partial charge in [-0.1, -0.05) is 18.2 Å². The van der Waals surface area contributed by atoms with Crippen LogP contribution in [-0.4, -0.2) is 38.4 Å². The molecule has 76 valence electrons. The van der Waals surface area contributed by atoms with Crippen LogP contribution in [0, 0.1) is 0 Å². The minimum Gasteiger partial charge on any atom is -0.379 e. The fourth-order valence-electron chi connectivity index (χ4n) is 1.66. The standard InChI is InChI=1S/C11H16N2O/c1-12(11-5-3-2-4-6-11)13-7-9-14-10-8-13/h2-6H,7-10H2,1H3. The van der Waals surface area contributed by atoms with E-state index in [0.29, 0.717) is 0 Å². The van der Waals surface area contributed by atoms with Crippen LogP contribution in [0.5, 0.6) is 0 Å². The van der Waals surface area contributed by atoms with Gasteiger partial charge < -0.3 is 9.75 Å². The van der Waals surface area contributed by atoms with Crippen molar-refractivity contribution in [2.75, 3.05) is 38.4 Å². The minimum absolute atomic E-state index is 0.831. The molecule has 1 heterocycles. The van der Waals surface area contributed by atoms with Crippen LogP contribution in [0.3, 0.4) is 0 Å². The highest BCUT2D eigenvalue weighted by molar-refractivity contribution is 5.43. The highest BCUT2D eigenvalue weighted by Gasteiger charge is 2.14. The predicted molar refractivity (Wildman–Crippen MR) is 57.2 cm³/mol. The molecule has 1 aliphatic heterocycles. The van der Waals surface area contributed by atoms with Crippen LogP contribution in [0.2, 0.25) is 0 Å². The first kappa shape index (κ1) is 9.49. The van der Waals surface area contributed by atoms with Crippen molar-refractivity contribution in [3.8, 4) is 0 Å². The lowest BCUT2D eigenvalue weighted by atomic mass is 10.3. The number of nitrogens with zero attached hydrogens (tertiary/aromatic N) is 2. The van der Waals surface area contributed by atoms with Crippen molar-refractivity contribution >= 4 is 5.69 Å². The molecular formula is C11H16N2O. The van der Waals surface area contributed by atoms with E-state index < -0.39 is 0 Å². The normalized spacial score (nSPS) is 18.1. The van der Waals surface area contributed by atoms with Crippen molar-refractivity contribution < 1.29 is 4.74 Å². The summed E-state index contributed by atoms with van der Waals surface area (Å²) in [6.07, 6.45) is 0. The molecule has 3 heteroatoms. The molecule has 1 fully saturated rings. The van der Waals surface area contributed by atoms with Crippen LogP contribution in [-0.2, 0) is 4.74 Å². The van der Waals surface area contributed by atoms with Crippen LogP contribution >= 0.6 is 0 Å². The smallest absolute Gasteiger partial charge is 0.0612 e. The summed E-state index contributed by atoms with van der Waals surface area (Å²) in [6.45, 7) is 3.62. The van der Waals surface area contributed by atoms with E-state index in [4.69, 9.17) is 4.74 Å². The minimum atomic E-state index is 0.831. The first-order valence-corrected chi connectivity index (χ1v) is 4.99. The summed E-state index contributed by atoms with van der Waals surface area (Å²) in [5.41, 5.74) is 1.23. The first-order chi connectivity index (χ1) is 6.88. The van der Waals surface area contributed by atoms with Gasteiger partial charge in [0.15, 0.2) is 0 Å². The van der Waals surface area contributed by atoms with E-state index in [1.54, 1.807) is 0 Å². The number of rotatable bonds is 2. The summed E-state index contributed by atoms with van der Waals surface area (Å²) in [7, 11) is 2.10. The lowest BCUT2D eigenvalue weighted by Crippen LogP contribution is -2.46. The maximum absolute atomic E-state index is 5.32. The predicted octanol–water partition coefficient (Wildman–Crippen LogP) is 1.37. The third-order valence-corrected chi connectivity index (χ3v) is 2.54. The first-order valence-electron chi connectivity index (χ1n) is 4.99. The Morgan fingerprint density at radius 3 is 2.43 bits per heavy atom. The van der Waals surface area contributed by atoms with Gasteiger partial charge >= 0.3 is 0 Å². The van der Waals surface area contributed by atoms with Gasteiger partial charge in [-0.05, 0) is 12.1 Å². The Labute approximate surface area is 84.9 Å². The summed E-state index contributed by atoms with van der Waals surface area (Å²) in [5.74, 6) is 0. The maximum Gasteiger partial charge on any atom is 0.0612 e. The summed E-state index contributed by atoms with van der Waals surface area (Å²) < 4.78 is 5.32. The third-order valence-electron chi connectivity index (χ3n) is 2.54. The van der Waals surface area contributed by atoms with Crippen LogP contribution in [0.25, 0.3) is 0 Å². The zero-order valence-electron chi connectivity index (χ0n) is 8.52. The molecule has 0 atom stereocenters. The molecule has 0 amide bonds. The van der Waals surface area contributed by atoms with Crippen LogP contribution in [0.1, 0.15) is 0 Å². The molecule has 0 aliphatic carbocycles. The van der Waals surface area contributed by atoms with Gasteiger partial charge in [-0.3, -0.25) is 0 Å². The van der Waals surface area contributed by atoms with E-state index in [2.05, 4.69) is 41.3 Å². The van der Waals surface area contributed by atoms with Crippen LogP contribution in [0.4, 0.5) is 5.69 Å². The van der Waals surface area contributed by atoms with E-state index in [1.807, 2.05) is 6.07 Å². The number of hydrogen-bond acceptors (Lipinski definition) is 3. The second-order valence-corrected chi connectivity index (χ2v) is 3.43. The van der Waals surface area contributed by atoms with E-state index in [1.165, 1.54) is 5.69 Å². The van der Waals surface area contributed by atoms with Crippen molar-refractivity contribution in [1.29, 1.82) is 0 Å². The number of para-hydroxylation sites is 1. The molecule has 14 heavy (non-hydrogen) atoms. The van der Waals surface area contributed by atoms with Gasteiger partial charge in [0.25, 0.3) is 0 Å². The number of morpholine rings is 1. The highest BCUT2D eigenvalue weighted by atomic mass is 16.5. The van der Waals surface area contributed by atoms with Gasteiger partial charge in [0, 0.05) is 20.1 Å². The number of benzene rings is 1. The van der Waals surface area contributed by atoms with Crippen LogP contribution in [0.15, 0.2) is 30.3 Å². The number of hydrogen-bond donors (Lipinski definition) is 0. The van der Waals surface area contributed by atoms with Crippen molar-refractivity contribution in [3.63, 3.8) is 0 Å². The van der Waals surface area contributed by atoms with Crippen molar-refractivity contribution in [3.05, 3.63) is 30.3 Å². The fourth-order valence-corrected chi connectivity index (χ4v) is 1.66. The van der Waals surface area contributed by atoms with Gasteiger partial charge in [-0.2, -0.15) is 0 Å². The Morgan fingerprint density at radius 2 is 1.79 bits per heavy atom. The SMILES string of the molecule is CN(c1ccccc1)N1CCOCC1. The number of anilines is 1. The second kappa shape index (κ2) is 4.44.